The van der Waals surface area contributed by atoms with Crippen LogP contribution in [0.15, 0.2) is 59.5 Å². The van der Waals surface area contributed by atoms with Crippen LogP contribution in [-0.2, 0) is 10.0 Å². The highest BCUT2D eigenvalue weighted by Gasteiger charge is 2.30. The van der Waals surface area contributed by atoms with Crippen LogP contribution in [0.4, 0.5) is 23.0 Å². The van der Waals surface area contributed by atoms with Crippen LogP contribution in [0.2, 0.25) is 0 Å². The maximum atomic E-state index is 13.0. The summed E-state index contributed by atoms with van der Waals surface area (Å²) in [5.41, 5.74) is 2.30. The number of hydrogen-bond donors (Lipinski definition) is 1. The molecule has 2 aromatic carbocycles. The van der Waals surface area contributed by atoms with E-state index in [9.17, 15) is 18.5 Å². The van der Waals surface area contributed by atoms with E-state index in [1.54, 1.807) is 6.92 Å². The van der Waals surface area contributed by atoms with Crippen LogP contribution in [0.5, 0.6) is 0 Å². The molecule has 1 aromatic heterocycles. The van der Waals surface area contributed by atoms with Gasteiger partial charge in [0.15, 0.2) is 11.6 Å². The number of piperazine rings is 1. The van der Waals surface area contributed by atoms with E-state index in [1.807, 2.05) is 48.2 Å². The van der Waals surface area contributed by atoms with E-state index in [2.05, 4.69) is 15.5 Å². The van der Waals surface area contributed by atoms with Crippen molar-refractivity contribution >= 4 is 33.0 Å². The van der Waals surface area contributed by atoms with E-state index in [-0.39, 0.29) is 23.7 Å². The maximum Gasteiger partial charge on any atom is 0.273 e. The quantitative estimate of drug-likeness (QED) is 0.432. The Balaban J connectivity index is 1.40. The minimum absolute atomic E-state index is 0.0698. The van der Waals surface area contributed by atoms with E-state index in [0.717, 1.165) is 11.8 Å². The molecule has 0 radical (unpaired) electrons. The summed E-state index contributed by atoms with van der Waals surface area (Å²) < 4.78 is 27.4. The van der Waals surface area contributed by atoms with Gasteiger partial charge in [0.1, 0.15) is 0 Å². The van der Waals surface area contributed by atoms with Crippen molar-refractivity contribution in [3.63, 3.8) is 0 Å². The topological polar surface area (TPSA) is 122 Å². The van der Waals surface area contributed by atoms with Crippen molar-refractivity contribution in [3.8, 4) is 0 Å². The molecule has 2 heterocycles. The highest BCUT2D eigenvalue weighted by atomic mass is 32.2. The second kappa shape index (κ2) is 9.12. The average Bonchev–Trinajstić information content (AvgIpc) is 2.81. The lowest BCUT2D eigenvalue weighted by Gasteiger charge is -2.34. The molecule has 0 atom stereocenters. The summed E-state index contributed by atoms with van der Waals surface area (Å²) >= 11 is 0. The van der Waals surface area contributed by atoms with Crippen LogP contribution in [0.3, 0.4) is 0 Å². The van der Waals surface area contributed by atoms with E-state index in [4.69, 9.17) is 0 Å². The third-order valence-electron chi connectivity index (χ3n) is 5.55. The van der Waals surface area contributed by atoms with Gasteiger partial charge in [-0.15, -0.1) is 10.2 Å². The number of rotatable bonds is 6. The van der Waals surface area contributed by atoms with Gasteiger partial charge in [0, 0.05) is 43.5 Å². The van der Waals surface area contributed by atoms with E-state index in [0.29, 0.717) is 30.3 Å². The Kier molecular flexibility index (Phi) is 6.25. The number of anilines is 3. The third-order valence-corrected chi connectivity index (χ3v) is 7.45. The second-order valence-corrected chi connectivity index (χ2v) is 9.80. The summed E-state index contributed by atoms with van der Waals surface area (Å²) in [5.74, 6) is 1.28. The molecule has 4 rings (SSSR count). The van der Waals surface area contributed by atoms with Crippen LogP contribution >= 0.6 is 0 Å². The van der Waals surface area contributed by atoms with Crippen molar-refractivity contribution < 1.29 is 13.3 Å². The molecule has 1 aliphatic heterocycles. The standard InChI is InChI=1S/C22H24N6O4S/c1-16-3-6-18(7-4-16)23-21-9-10-22(25-24-21)26-11-13-27(14-12-26)33(31,32)19-8-5-17(2)20(15-19)28(29)30/h3-10,15H,11-14H2,1-2H3,(H,23,24). The first kappa shape index (κ1) is 22.6. The summed E-state index contributed by atoms with van der Waals surface area (Å²) in [6, 6.07) is 15.6. The monoisotopic (exact) mass is 468 g/mol. The minimum atomic E-state index is -3.83. The number of nitro groups is 1. The van der Waals surface area contributed by atoms with Crippen molar-refractivity contribution in [1.29, 1.82) is 0 Å². The predicted octanol–water partition coefficient (Wildman–Crippen LogP) is 3.26. The Hall–Kier alpha value is -3.57. The summed E-state index contributed by atoms with van der Waals surface area (Å²) in [5, 5.41) is 22.9. The molecular weight excluding hydrogens is 444 g/mol. The fourth-order valence-corrected chi connectivity index (χ4v) is 5.04. The Bertz CT molecular complexity index is 1260. The summed E-state index contributed by atoms with van der Waals surface area (Å²) in [7, 11) is -3.83. The van der Waals surface area contributed by atoms with Crippen LogP contribution in [0.25, 0.3) is 0 Å². The molecule has 1 fully saturated rings. The Morgan fingerprint density at radius 2 is 1.64 bits per heavy atom. The number of nitrogens with zero attached hydrogens (tertiary/aromatic N) is 5. The molecule has 0 aliphatic carbocycles. The van der Waals surface area contributed by atoms with E-state index < -0.39 is 14.9 Å². The lowest BCUT2D eigenvalue weighted by molar-refractivity contribution is -0.385. The van der Waals surface area contributed by atoms with Crippen LogP contribution < -0.4 is 10.2 Å². The molecule has 0 saturated carbocycles. The molecule has 11 heteroatoms. The smallest absolute Gasteiger partial charge is 0.273 e. The van der Waals surface area contributed by atoms with Gasteiger partial charge in [-0.05, 0) is 44.2 Å². The number of aromatic nitrogens is 2. The Labute approximate surface area is 192 Å². The van der Waals surface area contributed by atoms with Crippen LogP contribution in [-0.4, -0.2) is 54.0 Å². The Morgan fingerprint density at radius 3 is 2.24 bits per heavy atom. The van der Waals surface area contributed by atoms with Crippen LogP contribution in [0, 0.1) is 24.0 Å². The third kappa shape index (κ3) is 4.94. The van der Waals surface area contributed by atoms with Crippen LogP contribution in [0.1, 0.15) is 11.1 Å². The normalized spacial score (nSPS) is 14.8. The minimum Gasteiger partial charge on any atom is -0.352 e. The fraction of sp³-hybridized carbons (Fsp3) is 0.273. The molecule has 1 aliphatic rings. The molecule has 1 saturated heterocycles. The van der Waals surface area contributed by atoms with Gasteiger partial charge in [0.2, 0.25) is 10.0 Å². The molecule has 0 bridgehead atoms. The summed E-state index contributed by atoms with van der Waals surface area (Å²) in [4.78, 5) is 12.5. The molecule has 10 nitrogen and oxygen atoms in total. The molecule has 172 valence electrons. The summed E-state index contributed by atoms with van der Waals surface area (Å²) in [6.07, 6.45) is 0. The van der Waals surface area contributed by atoms with Gasteiger partial charge in [0.25, 0.3) is 5.69 Å². The molecule has 0 spiro atoms. The maximum absolute atomic E-state index is 13.0. The first-order chi connectivity index (χ1) is 15.7. The van der Waals surface area contributed by atoms with Gasteiger partial charge < -0.3 is 10.2 Å². The highest BCUT2D eigenvalue weighted by molar-refractivity contribution is 7.89. The molecule has 3 aromatic rings. The molecule has 0 amide bonds. The van der Waals surface area contributed by atoms with Gasteiger partial charge in [-0.3, -0.25) is 10.1 Å². The predicted molar refractivity (Wildman–Crippen MR) is 125 cm³/mol. The zero-order valence-corrected chi connectivity index (χ0v) is 19.1. The van der Waals surface area contributed by atoms with Gasteiger partial charge in [-0.25, -0.2) is 8.42 Å². The number of nitro benzene ring substituents is 1. The number of nitrogens with one attached hydrogen (secondary N) is 1. The number of sulfonamides is 1. The van der Waals surface area contributed by atoms with Gasteiger partial charge in [0.05, 0.1) is 9.82 Å². The van der Waals surface area contributed by atoms with Crippen molar-refractivity contribution in [2.45, 2.75) is 18.7 Å². The molecule has 33 heavy (non-hydrogen) atoms. The van der Waals surface area contributed by atoms with Crippen molar-refractivity contribution in [1.82, 2.24) is 14.5 Å². The fourth-order valence-electron chi connectivity index (χ4n) is 3.60. The van der Waals surface area contributed by atoms with Crippen molar-refractivity contribution in [2.75, 3.05) is 36.4 Å². The van der Waals surface area contributed by atoms with Gasteiger partial charge >= 0.3 is 0 Å². The largest absolute Gasteiger partial charge is 0.352 e. The number of hydrogen-bond acceptors (Lipinski definition) is 8. The zero-order chi connectivity index (χ0) is 23.6. The SMILES string of the molecule is Cc1ccc(Nc2ccc(N3CCN(S(=O)(=O)c4ccc(C)c([N+](=O)[O-])c4)CC3)nn2)cc1. The van der Waals surface area contributed by atoms with E-state index >= 15 is 0 Å². The summed E-state index contributed by atoms with van der Waals surface area (Å²) in [6.45, 7) is 4.97. The van der Waals surface area contributed by atoms with Crippen molar-refractivity contribution in [3.05, 3.63) is 75.8 Å². The first-order valence-electron chi connectivity index (χ1n) is 10.4. The van der Waals surface area contributed by atoms with Gasteiger partial charge in [-0.1, -0.05) is 23.8 Å². The Morgan fingerprint density at radius 1 is 0.939 bits per heavy atom. The molecule has 0 unspecified atom stereocenters. The molecule has 1 N–H and O–H groups in total. The average molecular weight is 469 g/mol. The van der Waals surface area contributed by atoms with Crippen molar-refractivity contribution in [2.24, 2.45) is 0 Å². The molecular formula is C22H24N6O4S. The number of benzene rings is 2. The van der Waals surface area contributed by atoms with E-state index in [1.165, 1.54) is 22.0 Å². The van der Waals surface area contributed by atoms with Gasteiger partial charge in [-0.2, -0.15) is 4.31 Å². The second-order valence-electron chi connectivity index (χ2n) is 7.86. The zero-order valence-electron chi connectivity index (χ0n) is 18.3. The highest BCUT2D eigenvalue weighted by Crippen LogP contribution is 2.26. The first-order valence-corrected chi connectivity index (χ1v) is 11.9. The number of aryl methyl sites for hydroxylation is 2. The lowest BCUT2D eigenvalue weighted by atomic mass is 10.2. The lowest BCUT2D eigenvalue weighted by Crippen LogP contribution is -2.49.